The monoisotopic (exact) mass is 562 g/mol. The Hall–Kier alpha value is -4.43. The van der Waals surface area contributed by atoms with Crippen LogP contribution in [0.1, 0.15) is 16.2 Å². The minimum Gasteiger partial charge on any atom is -0.305 e. The van der Waals surface area contributed by atoms with Crippen molar-refractivity contribution in [2.24, 2.45) is 10.3 Å². The molecule has 11 nitrogen and oxygen atoms in total. The molecule has 1 amide bonds. The third-order valence-electron chi connectivity index (χ3n) is 5.94. The highest BCUT2D eigenvalue weighted by atomic mass is 32.2. The smallest absolute Gasteiger partial charge is 0.275 e. The van der Waals surface area contributed by atoms with Crippen LogP contribution in [0.2, 0.25) is 0 Å². The van der Waals surface area contributed by atoms with E-state index in [0.717, 1.165) is 5.39 Å². The minimum absolute atomic E-state index is 0.0518. The molecule has 0 aliphatic carbocycles. The second-order valence-corrected chi connectivity index (χ2v) is 11.8. The van der Waals surface area contributed by atoms with E-state index in [4.69, 9.17) is 10.3 Å². The van der Waals surface area contributed by atoms with Gasteiger partial charge in [-0.15, -0.1) is 0 Å². The van der Waals surface area contributed by atoms with E-state index < -0.39 is 26.0 Å². The molecule has 13 heteroatoms. The van der Waals surface area contributed by atoms with Gasteiger partial charge in [0.05, 0.1) is 16.3 Å². The van der Waals surface area contributed by atoms with Crippen LogP contribution in [0, 0.1) is 6.92 Å². The topological polar surface area (TPSA) is 180 Å². The summed E-state index contributed by atoms with van der Waals surface area (Å²) >= 11 is 0. The number of nitrogens with two attached hydrogens (primary N) is 2. The molecule has 5 rings (SSSR count). The van der Waals surface area contributed by atoms with Gasteiger partial charge in [-0.3, -0.25) is 4.79 Å². The third-order valence-corrected chi connectivity index (χ3v) is 7.84. The van der Waals surface area contributed by atoms with Crippen molar-refractivity contribution >= 4 is 42.5 Å². The molecule has 2 aromatic heterocycles. The molecule has 0 bridgehead atoms. The van der Waals surface area contributed by atoms with Crippen molar-refractivity contribution in [3.8, 4) is 16.8 Å². The Bertz CT molecular complexity index is 1970. The van der Waals surface area contributed by atoms with E-state index in [2.05, 4.69) is 15.4 Å². The molecular formula is C26H22N6O5S2. The van der Waals surface area contributed by atoms with E-state index in [1.54, 1.807) is 61.5 Å². The number of amides is 1. The van der Waals surface area contributed by atoms with Gasteiger partial charge in [-0.25, -0.2) is 36.8 Å². The van der Waals surface area contributed by atoms with E-state index in [1.165, 1.54) is 35.1 Å². The van der Waals surface area contributed by atoms with Crippen molar-refractivity contribution in [3.63, 3.8) is 0 Å². The number of hydrogen-bond acceptors (Lipinski definition) is 7. The van der Waals surface area contributed by atoms with Crippen LogP contribution in [-0.4, -0.2) is 37.5 Å². The Balaban J connectivity index is 1.51. The van der Waals surface area contributed by atoms with Crippen LogP contribution in [-0.2, 0) is 20.0 Å². The lowest BCUT2D eigenvalue weighted by molar-refractivity contribution is 0.101. The fraction of sp³-hybridized carbons (Fsp3) is 0.0385. The first-order valence-corrected chi connectivity index (χ1v) is 14.5. The number of carbonyl (C=O) groups excluding carboxylic acids is 1. The number of aromatic nitrogens is 3. The molecule has 0 fully saturated rings. The molecule has 3 aromatic carbocycles. The average Bonchev–Trinajstić information content (AvgIpc) is 3.29. The van der Waals surface area contributed by atoms with E-state index in [-0.39, 0.29) is 27.0 Å². The first-order valence-electron chi connectivity index (χ1n) is 11.4. The first-order chi connectivity index (χ1) is 18.4. The molecule has 0 aliphatic heterocycles. The normalized spacial score (nSPS) is 12.0. The highest BCUT2D eigenvalue weighted by Crippen LogP contribution is 2.29. The van der Waals surface area contributed by atoms with Gasteiger partial charge in [-0.1, -0.05) is 42.5 Å². The van der Waals surface area contributed by atoms with Crippen LogP contribution in [0.3, 0.4) is 0 Å². The zero-order chi connectivity index (χ0) is 27.9. The van der Waals surface area contributed by atoms with Gasteiger partial charge >= 0.3 is 0 Å². The second kappa shape index (κ2) is 9.71. The number of nitrogens with one attached hydrogen (secondary N) is 1. The van der Waals surface area contributed by atoms with Crippen LogP contribution >= 0.6 is 0 Å². The number of nitrogens with zero attached hydrogens (tertiary/aromatic N) is 3. The third kappa shape index (κ3) is 5.28. The Labute approximate surface area is 224 Å². The number of aryl methyl sites for hydroxylation is 1. The Morgan fingerprint density at radius 1 is 0.821 bits per heavy atom. The summed E-state index contributed by atoms with van der Waals surface area (Å²) in [6, 6.07) is 21.0. The van der Waals surface area contributed by atoms with Crippen LogP contribution in [0.4, 0.5) is 5.82 Å². The standard InChI is InChI=1S/C26H22N6O5S2/c1-16-12-22(32(31-16)21-13-17-6-2-3-7-18(17)14-24(21)39(28,36)37)26(33)30-25-11-10-19(15-29-25)20-8-4-5-9-23(20)38(27,34)35/h2-15H,1H3,(H2,27,34,35)(H2,28,36,37)(H,29,30,33). The van der Waals surface area contributed by atoms with Gasteiger partial charge in [-0.05, 0) is 54.1 Å². The Kier molecular flexibility index (Phi) is 6.52. The van der Waals surface area contributed by atoms with Gasteiger partial charge in [0.1, 0.15) is 16.4 Å². The number of hydrogen-bond donors (Lipinski definition) is 3. The SMILES string of the molecule is Cc1cc(C(=O)Nc2ccc(-c3ccccc3S(N)(=O)=O)cn2)n(-c2cc3ccccc3cc2S(N)(=O)=O)n1. The van der Waals surface area contributed by atoms with E-state index in [0.29, 0.717) is 22.2 Å². The van der Waals surface area contributed by atoms with Crippen molar-refractivity contribution < 1.29 is 21.6 Å². The molecule has 0 saturated carbocycles. The van der Waals surface area contributed by atoms with E-state index >= 15 is 0 Å². The summed E-state index contributed by atoms with van der Waals surface area (Å²) in [6.45, 7) is 1.67. The molecule has 5 N–H and O–H groups in total. The lowest BCUT2D eigenvalue weighted by Crippen LogP contribution is -2.20. The minimum atomic E-state index is -4.17. The highest BCUT2D eigenvalue weighted by Gasteiger charge is 2.23. The predicted molar refractivity (Wildman–Crippen MR) is 146 cm³/mol. The molecule has 5 aromatic rings. The van der Waals surface area contributed by atoms with Gasteiger partial charge in [0.2, 0.25) is 20.0 Å². The summed E-state index contributed by atoms with van der Waals surface area (Å²) in [5, 5.41) is 19.3. The molecule has 0 aliphatic rings. The fourth-order valence-electron chi connectivity index (χ4n) is 4.21. The zero-order valence-corrected chi connectivity index (χ0v) is 22.1. The maximum absolute atomic E-state index is 13.3. The molecule has 0 unspecified atom stereocenters. The maximum Gasteiger partial charge on any atom is 0.275 e. The van der Waals surface area contributed by atoms with Gasteiger partial charge in [-0.2, -0.15) is 5.10 Å². The number of carbonyl (C=O) groups is 1. The van der Waals surface area contributed by atoms with Crippen molar-refractivity contribution in [2.75, 3.05) is 5.32 Å². The number of primary sulfonamides is 2. The first kappa shape index (κ1) is 26.2. The molecule has 0 atom stereocenters. The zero-order valence-electron chi connectivity index (χ0n) is 20.4. The summed E-state index contributed by atoms with van der Waals surface area (Å²) in [7, 11) is -8.13. The highest BCUT2D eigenvalue weighted by molar-refractivity contribution is 7.89. The van der Waals surface area contributed by atoms with Crippen LogP contribution in [0.5, 0.6) is 0 Å². The van der Waals surface area contributed by atoms with Crippen molar-refractivity contribution in [2.45, 2.75) is 16.7 Å². The Morgan fingerprint density at radius 3 is 2.10 bits per heavy atom. The molecule has 198 valence electrons. The van der Waals surface area contributed by atoms with Crippen LogP contribution in [0.25, 0.3) is 27.6 Å². The molecule has 2 heterocycles. The number of anilines is 1. The number of rotatable bonds is 6. The van der Waals surface area contributed by atoms with Gasteiger partial charge < -0.3 is 5.32 Å². The molecule has 0 spiro atoms. The van der Waals surface area contributed by atoms with Gasteiger partial charge in [0, 0.05) is 17.3 Å². The van der Waals surface area contributed by atoms with Gasteiger partial charge in [0.15, 0.2) is 0 Å². The number of fused-ring (bicyclic) bond motifs is 1. The number of pyridine rings is 1. The fourth-order valence-corrected chi connectivity index (χ4v) is 5.70. The number of sulfonamides is 2. The molecule has 0 radical (unpaired) electrons. The summed E-state index contributed by atoms with van der Waals surface area (Å²) in [4.78, 5) is 17.3. The summed E-state index contributed by atoms with van der Waals surface area (Å²) in [5.41, 5.74) is 1.49. The van der Waals surface area contributed by atoms with Crippen molar-refractivity contribution in [3.05, 3.63) is 96.4 Å². The van der Waals surface area contributed by atoms with E-state index in [9.17, 15) is 21.6 Å². The average molecular weight is 563 g/mol. The van der Waals surface area contributed by atoms with Crippen molar-refractivity contribution in [1.29, 1.82) is 0 Å². The molecular weight excluding hydrogens is 540 g/mol. The van der Waals surface area contributed by atoms with Crippen LogP contribution in [0.15, 0.2) is 94.9 Å². The van der Waals surface area contributed by atoms with Crippen molar-refractivity contribution in [1.82, 2.24) is 14.8 Å². The predicted octanol–water partition coefficient (Wildman–Crippen LogP) is 2.94. The van der Waals surface area contributed by atoms with E-state index in [1.807, 2.05) is 0 Å². The van der Waals surface area contributed by atoms with Gasteiger partial charge in [0.25, 0.3) is 5.91 Å². The van der Waals surface area contributed by atoms with Crippen LogP contribution < -0.4 is 15.6 Å². The molecule has 39 heavy (non-hydrogen) atoms. The lowest BCUT2D eigenvalue weighted by Gasteiger charge is -2.13. The lowest BCUT2D eigenvalue weighted by atomic mass is 10.1. The summed E-state index contributed by atoms with van der Waals surface area (Å²) in [5.74, 6) is -0.429. The Morgan fingerprint density at radius 2 is 1.46 bits per heavy atom. The molecule has 0 saturated heterocycles. The largest absolute Gasteiger partial charge is 0.305 e. The summed E-state index contributed by atoms with van der Waals surface area (Å²) in [6.07, 6.45) is 1.41. The second-order valence-electron chi connectivity index (χ2n) is 8.72. The number of benzene rings is 3. The summed E-state index contributed by atoms with van der Waals surface area (Å²) < 4.78 is 50.1. The quantitative estimate of drug-likeness (QED) is 0.284. The maximum atomic E-state index is 13.3.